The lowest BCUT2D eigenvalue weighted by Gasteiger charge is -2.42. The standard InChI is InChI=1S/C31H32Cl2F5N3O4/c1-16(26(44)40(14-17-7-8-17)20-6-4-5-18(9-20)28(2,3)31(36,37)38)23-12-29(34,35)15-41(23)30(13-24(42)43)21-10-19(32)11-22(33)25(21)39-27(30)45/h4-6,9-11,16-17,23H,7-8,12-15H2,1-3H3,(H,39,45)(H,42,43)/t16-,23-,30-/m1/s1. The Hall–Kier alpha value is -2.96. The fourth-order valence-corrected chi connectivity index (χ4v) is 6.92. The molecule has 2 aliphatic heterocycles. The predicted molar refractivity (Wildman–Crippen MR) is 159 cm³/mol. The van der Waals surface area contributed by atoms with E-state index < -0.39 is 72.2 Å². The number of anilines is 2. The van der Waals surface area contributed by atoms with Crippen molar-refractivity contribution in [3.8, 4) is 0 Å². The average molecular weight is 677 g/mol. The molecule has 0 unspecified atom stereocenters. The molecular weight excluding hydrogens is 644 g/mol. The van der Waals surface area contributed by atoms with Gasteiger partial charge in [-0.3, -0.25) is 19.3 Å². The van der Waals surface area contributed by atoms with Crippen molar-refractivity contribution in [3.05, 3.63) is 57.6 Å². The third-order valence-electron chi connectivity index (χ3n) is 9.28. The lowest BCUT2D eigenvalue weighted by atomic mass is 9.83. The fourth-order valence-electron chi connectivity index (χ4n) is 6.38. The normalized spacial score (nSPS) is 23.9. The van der Waals surface area contributed by atoms with Crippen LogP contribution in [0.4, 0.5) is 33.3 Å². The van der Waals surface area contributed by atoms with Gasteiger partial charge in [0.2, 0.25) is 11.8 Å². The number of carbonyl (C=O) groups is 3. The van der Waals surface area contributed by atoms with Crippen molar-refractivity contribution in [1.29, 1.82) is 0 Å². The Kier molecular flexibility index (Phi) is 8.45. The van der Waals surface area contributed by atoms with Gasteiger partial charge in [0.25, 0.3) is 5.92 Å². The number of alkyl halides is 5. The van der Waals surface area contributed by atoms with Crippen molar-refractivity contribution in [1.82, 2.24) is 4.90 Å². The van der Waals surface area contributed by atoms with E-state index in [2.05, 4.69) is 5.32 Å². The minimum absolute atomic E-state index is 0.00617. The van der Waals surface area contributed by atoms with Gasteiger partial charge in [-0.05, 0) is 62.4 Å². The van der Waals surface area contributed by atoms with Crippen LogP contribution in [0.15, 0.2) is 36.4 Å². The first-order valence-electron chi connectivity index (χ1n) is 14.4. The molecule has 5 rings (SSSR count). The fraction of sp³-hybridized carbons (Fsp3) is 0.516. The number of likely N-dealkylation sites (tertiary alicyclic amines) is 1. The monoisotopic (exact) mass is 675 g/mol. The number of amides is 2. The SMILES string of the molecule is C[C@@H](C(=O)N(CC1CC1)c1cccc(C(C)(C)C(F)(F)F)c1)[C@H]1CC(F)(F)CN1[C@@]1(CC(=O)O)C(=O)Nc2c(Cl)cc(Cl)cc21. The second-order valence-corrected chi connectivity index (χ2v) is 13.6. The molecule has 0 aromatic heterocycles. The Labute approximate surface area is 266 Å². The van der Waals surface area contributed by atoms with Crippen LogP contribution in [0, 0.1) is 11.8 Å². The molecule has 0 bridgehead atoms. The van der Waals surface area contributed by atoms with E-state index in [0.29, 0.717) is 0 Å². The zero-order chi connectivity index (χ0) is 33.3. The molecule has 3 aliphatic rings. The van der Waals surface area contributed by atoms with Crippen molar-refractivity contribution in [3.63, 3.8) is 0 Å². The van der Waals surface area contributed by atoms with Crippen LogP contribution in [0.25, 0.3) is 0 Å². The second kappa shape index (κ2) is 11.4. The Morgan fingerprint density at radius 2 is 1.82 bits per heavy atom. The largest absolute Gasteiger partial charge is 0.481 e. The number of carboxylic acid groups (broad SMARTS) is 1. The van der Waals surface area contributed by atoms with Gasteiger partial charge in [0, 0.05) is 35.3 Å². The number of carbonyl (C=O) groups excluding carboxylic acids is 2. The molecule has 2 aromatic carbocycles. The zero-order valence-corrected chi connectivity index (χ0v) is 26.2. The van der Waals surface area contributed by atoms with Gasteiger partial charge in [0.15, 0.2) is 0 Å². The molecule has 0 radical (unpaired) electrons. The van der Waals surface area contributed by atoms with Crippen molar-refractivity contribution >= 4 is 52.4 Å². The molecule has 1 saturated carbocycles. The summed E-state index contributed by atoms with van der Waals surface area (Å²) in [6, 6.07) is 6.82. The predicted octanol–water partition coefficient (Wildman–Crippen LogP) is 7.24. The maximum absolute atomic E-state index is 15.3. The second-order valence-electron chi connectivity index (χ2n) is 12.8. The first-order chi connectivity index (χ1) is 20.8. The summed E-state index contributed by atoms with van der Waals surface area (Å²) in [5.41, 5.74) is -4.25. The molecule has 14 heteroatoms. The minimum Gasteiger partial charge on any atom is -0.481 e. The molecule has 2 fully saturated rings. The number of fused-ring (bicyclic) bond motifs is 1. The lowest BCUT2D eigenvalue weighted by molar-refractivity contribution is -0.180. The van der Waals surface area contributed by atoms with Gasteiger partial charge in [-0.1, -0.05) is 42.3 Å². The maximum atomic E-state index is 15.3. The van der Waals surface area contributed by atoms with E-state index in [1.807, 2.05) is 0 Å². The van der Waals surface area contributed by atoms with Crippen LogP contribution >= 0.6 is 23.2 Å². The van der Waals surface area contributed by atoms with Crippen LogP contribution < -0.4 is 10.2 Å². The highest BCUT2D eigenvalue weighted by atomic mass is 35.5. The van der Waals surface area contributed by atoms with Gasteiger partial charge in [-0.15, -0.1) is 0 Å². The number of nitrogens with zero attached hydrogens (tertiary/aromatic N) is 2. The van der Waals surface area contributed by atoms with Crippen molar-refractivity contribution in [2.45, 2.75) is 75.5 Å². The smallest absolute Gasteiger partial charge is 0.397 e. The Bertz CT molecular complexity index is 1550. The summed E-state index contributed by atoms with van der Waals surface area (Å²) < 4.78 is 72.3. The summed E-state index contributed by atoms with van der Waals surface area (Å²) in [5.74, 6) is -7.55. The van der Waals surface area contributed by atoms with Crippen LogP contribution in [0.5, 0.6) is 0 Å². The van der Waals surface area contributed by atoms with E-state index >= 15 is 8.78 Å². The van der Waals surface area contributed by atoms with E-state index in [1.165, 1.54) is 48.2 Å². The molecule has 2 amide bonds. The van der Waals surface area contributed by atoms with Gasteiger partial charge in [0.1, 0.15) is 5.54 Å². The van der Waals surface area contributed by atoms with E-state index in [-0.39, 0.29) is 45.0 Å². The number of hydrogen-bond donors (Lipinski definition) is 2. The summed E-state index contributed by atoms with van der Waals surface area (Å²) in [6.45, 7) is 2.61. The zero-order valence-electron chi connectivity index (χ0n) is 24.7. The van der Waals surface area contributed by atoms with Crippen LogP contribution in [0.3, 0.4) is 0 Å². The summed E-state index contributed by atoms with van der Waals surface area (Å²) in [6.07, 6.45) is -4.78. The van der Waals surface area contributed by atoms with Crippen LogP contribution in [0.1, 0.15) is 57.6 Å². The molecule has 2 aromatic rings. The molecule has 1 saturated heterocycles. The molecule has 244 valence electrons. The molecule has 45 heavy (non-hydrogen) atoms. The molecule has 2 N–H and O–H groups in total. The van der Waals surface area contributed by atoms with E-state index in [1.54, 1.807) is 0 Å². The van der Waals surface area contributed by atoms with Gasteiger partial charge in [0.05, 0.1) is 35.0 Å². The van der Waals surface area contributed by atoms with Crippen LogP contribution in [-0.2, 0) is 25.3 Å². The first-order valence-corrected chi connectivity index (χ1v) is 15.2. The molecule has 7 nitrogen and oxygen atoms in total. The molecule has 2 heterocycles. The van der Waals surface area contributed by atoms with Gasteiger partial charge < -0.3 is 15.3 Å². The molecule has 0 spiro atoms. The van der Waals surface area contributed by atoms with Gasteiger partial charge in [-0.25, -0.2) is 8.78 Å². The summed E-state index contributed by atoms with van der Waals surface area (Å²) in [7, 11) is 0. The van der Waals surface area contributed by atoms with Crippen LogP contribution in [-0.4, -0.2) is 59.0 Å². The average Bonchev–Trinajstić information content (AvgIpc) is 3.64. The van der Waals surface area contributed by atoms with Gasteiger partial charge >= 0.3 is 12.1 Å². The van der Waals surface area contributed by atoms with Crippen molar-refractivity contribution in [2.75, 3.05) is 23.3 Å². The number of nitrogens with one attached hydrogen (secondary N) is 1. The summed E-state index contributed by atoms with van der Waals surface area (Å²) in [4.78, 5) is 42.5. The van der Waals surface area contributed by atoms with Gasteiger partial charge in [-0.2, -0.15) is 13.2 Å². The summed E-state index contributed by atoms with van der Waals surface area (Å²) >= 11 is 12.5. The van der Waals surface area contributed by atoms with E-state index in [9.17, 15) is 32.7 Å². The van der Waals surface area contributed by atoms with E-state index in [0.717, 1.165) is 31.6 Å². The Morgan fingerprint density at radius 3 is 2.42 bits per heavy atom. The van der Waals surface area contributed by atoms with Crippen LogP contribution in [0.2, 0.25) is 10.0 Å². The van der Waals surface area contributed by atoms with Crippen molar-refractivity contribution < 1.29 is 41.4 Å². The third kappa shape index (κ3) is 6.01. The number of aliphatic carboxylic acids is 1. The topological polar surface area (TPSA) is 90.0 Å². The number of rotatable bonds is 9. The summed E-state index contributed by atoms with van der Waals surface area (Å²) in [5, 5.41) is 12.5. The minimum atomic E-state index is -4.58. The number of carboxylic acids is 1. The lowest BCUT2D eigenvalue weighted by Crippen LogP contribution is -2.57. The molecular formula is C31H32Cl2F5N3O4. The number of hydrogen-bond acceptors (Lipinski definition) is 4. The highest BCUT2D eigenvalue weighted by Crippen LogP contribution is 2.52. The first kappa shape index (κ1) is 33.4. The highest BCUT2D eigenvalue weighted by Gasteiger charge is 2.62. The Morgan fingerprint density at radius 1 is 1.16 bits per heavy atom. The number of halogens is 7. The van der Waals surface area contributed by atoms with Crippen molar-refractivity contribution in [2.24, 2.45) is 11.8 Å². The molecule has 1 aliphatic carbocycles. The van der Waals surface area contributed by atoms with E-state index in [4.69, 9.17) is 23.2 Å². The number of benzene rings is 2. The highest BCUT2D eigenvalue weighted by molar-refractivity contribution is 6.38. The Balaban J connectivity index is 1.57. The molecule has 3 atom stereocenters. The maximum Gasteiger partial charge on any atom is 0.397 e. The third-order valence-corrected chi connectivity index (χ3v) is 9.80. The quantitative estimate of drug-likeness (QED) is 0.274.